The van der Waals surface area contributed by atoms with E-state index in [-0.39, 0.29) is 0 Å². The fourth-order valence-corrected chi connectivity index (χ4v) is 2.18. The van der Waals surface area contributed by atoms with Crippen LogP contribution in [0.3, 0.4) is 0 Å². The number of nitrogens with zero attached hydrogens (tertiary/aromatic N) is 1. The lowest BCUT2D eigenvalue weighted by Crippen LogP contribution is -2.11. The lowest BCUT2D eigenvalue weighted by molar-refractivity contribution is 0.100. The van der Waals surface area contributed by atoms with Crippen molar-refractivity contribution >= 4 is 40.1 Å². The molecule has 2 aromatic rings. The summed E-state index contributed by atoms with van der Waals surface area (Å²) in [5.41, 5.74) is 6.18. The highest BCUT2D eigenvalue weighted by Crippen LogP contribution is 2.26. The Morgan fingerprint density at radius 3 is 3.08 bits per heavy atom. The SMILES string of the molecule is NC(=O)c1c[c]cc2sc(S)nc12. The molecule has 0 saturated heterocycles. The van der Waals surface area contributed by atoms with Gasteiger partial charge in [-0.05, 0) is 18.2 Å². The van der Waals surface area contributed by atoms with Gasteiger partial charge in [-0.25, -0.2) is 4.98 Å². The Balaban J connectivity index is 2.82. The first-order valence-electron chi connectivity index (χ1n) is 3.48. The van der Waals surface area contributed by atoms with Crippen molar-refractivity contribution in [1.82, 2.24) is 4.98 Å². The molecule has 0 unspecified atom stereocenters. The van der Waals surface area contributed by atoms with Gasteiger partial charge in [-0.2, -0.15) is 0 Å². The van der Waals surface area contributed by atoms with Gasteiger partial charge in [0.1, 0.15) is 4.34 Å². The lowest BCUT2D eigenvalue weighted by atomic mass is 10.2. The lowest BCUT2D eigenvalue weighted by Gasteiger charge is -1.93. The normalized spacial score (nSPS) is 10.5. The highest BCUT2D eigenvalue weighted by Gasteiger charge is 2.09. The second-order valence-electron chi connectivity index (χ2n) is 2.44. The average molecular weight is 209 g/mol. The van der Waals surface area contributed by atoms with Crippen molar-refractivity contribution in [1.29, 1.82) is 0 Å². The largest absolute Gasteiger partial charge is 0.366 e. The van der Waals surface area contributed by atoms with Gasteiger partial charge in [0.05, 0.1) is 15.8 Å². The minimum atomic E-state index is -0.486. The third-order valence-corrected chi connectivity index (χ3v) is 2.78. The van der Waals surface area contributed by atoms with Crippen LogP contribution < -0.4 is 5.73 Å². The zero-order valence-corrected chi connectivity index (χ0v) is 8.15. The zero-order valence-electron chi connectivity index (χ0n) is 6.44. The van der Waals surface area contributed by atoms with E-state index < -0.39 is 5.91 Å². The van der Waals surface area contributed by atoms with E-state index in [9.17, 15) is 4.79 Å². The Bertz CT molecular complexity index is 478. The summed E-state index contributed by atoms with van der Waals surface area (Å²) in [6.45, 7) is 0. The minimum absolute atomic E-state index is 0.397. The Morgan fingerprint density at radius 1 is 1.62 bits per heavy atom. The number of thiazole rings is 1. The average Bonchev–Trinajstić information content (AvgIpc) is 2.43. The number of hydrogen-bond donors (Lipinski definition) is 2. The summed E-state index contributed by atoms with van der Waals surface area (Å²) in [6, 6.07) is 6.14. The van der Waals surface area contributed by atoms with E-state index in [0.717, 1.165) is 4.70 Å². The van der Waals surface area contributed by atoms with Crippen LogP contribution >= 0.6 is 24.0 Å². The maximum atomic E-state index is 11.0. The third kappa shape index (κ3) is 1.40. The molecule has 1 heterocycles. The molecular weight excluding hydrogens is 204 g/mol. The maximum Gasteiger partial charge on any atom is 0.250 e. The number of carbonyl (C=O) groups excluding carboxylic acids is 1. The van der Waals surface area contributed by atoms with Gasteiger partial charge in [0.2, 0.25) is 0 Å². The van der Waals surface area contributed by atoms with Crippen LogP contribution in [0.5, 0.6) is 0 Å². The number of rotatable bonds is 1. The number of hydrogen-bond acceptors (Lipinski definition) is 4. The molecule has 0 bridgehead atoms. The van der Waals surface area contributed by atoms with Crippen molar-refractivity contribution in [2.24, 2.45) is 5.73 Å². The van der Waals surface area contributed by atoms with E-state index in [4.69, 9.17) is 5.73 Å². The smallest absolute Gasteiger partial charge is 0.250 e. The van der Waals surface area contributed by atoms with Gasteiger partial charge < -0.3 is 5.73 Å². The van der Waals surface area contributed by atoms with Gasteiger partial charge in [-0.1, -0.05) is 0 Å². The number of primary amides is 1. The van der Waals surface area contributed by atoms with Gasteiger partial charge in [-0.15, -0.1) is 24.0 Å². The molecule has 2 rings (SSSR count). The second kappa shape index (κ2) is 3.01. The van der Waals surface area contributed by atoms with Crippen molar-refractivity contribution in [2.45, 2.75) is 4.34 Å². The number of benzene rings is 1. The fraction of sp³-hybridized carbons (Fsp3) is 0. The second-order valence-corrected chi connectivity index (χ2v) is 4.20. The first kappa shape index (κ1) is 8.52. The standard InChI is InChI=1S/C8H5N2OS2/c9-7(11)4-2-1-3-5-6(4)10-8(12)13-5/h2-3H,(H2,9,11)(H,10,12). The topological polar surface area (TPSA) is 56.0 Å². The predicted octanol–water partition coefficient (Wildman–Crippen LogP) is 1.48. The summed E-state index contributed by atoms with van der Waals surface area (Å²) < 4.78 is 1.50. The van der Waals surface area contributed by atoms with Gasteiger partial charge in [-0.3, -0.25) is 4.79 Å². The van der Waals surface area contributed by atoms with E-state index in [2.05, 4.69) is 23.7 Å². The van der Waals surface area contributed by atoms with Crippen molar-refractivity contribution in [2.75, 3.05) is 0 Å². The summed E-state index contributed by atoms with van der Waals surface area (Å²) in [7, 11) is 0. The molecule has 1 amide bonds. The molecule has 13 heavy (non-hydrogen) atoms. The summed E-state index contributed by atoms with van der Waals surface area (Å²) >= 11 is 5.50. The van der Waals surface area contributed by atoms with Crippen LogP contribution in [-0.4, -0.2) is 10.9 Å². The van der Waals surface area contributed by atoms with Crippen LogP contribution in [0.2, 0.25) is 0 Å². The van der Waals surface area contributed by atoms with Crippen LogP contribution in [0.4, 0.5) is 0 Å². The molecule has 0 saturated carbocycles. The number of aromatic nitrogens is 1. The van der Waals surface area contributed by atoms with Crippen LogP contribution in [0.15, 0.2) is 16.5 Å². The first-order chi connectivity index (χ1) is 6.18. The first-order valence-corrected chi connectivity index (χ1v) is 4.74. The van der Waals surface area contributed by atoms with Gasteiger partial charge in [0.25, 0.3) is 5.91 Å². The molecule has 65 valence electrons. The van der Waals surface area contributed by atoms with Crippen LogP contribution in [0.1, 0.15) is 10.4 Å². The van der Waals surface area contributed by atoms with Crippen LogP contribution in [-0.2, 0) is 0 Å². The highest BCUT2D eigenvalue weighted by atomic mass is 32.2. The summed E-state index contributed by atoms with van der Waals surface area (Å²) in [5.74, 6) is -0.486. The van der Waals surface area contributed by atoms with E-state index >= 15 is 0 Å². The molecule has 0 aliphatic carbocycles. The van der Waals surface area contributed by atoms with Gasteiger partial charge in [0, 0.05) is 0 Å². The van der Waals surface area contributed by atoms with Crippen molar-refractivity contribution in [3.8, 4) is 0 Å². The summed E-state index contributed by atoms with van der Waals surface area (Å²) in [4.78, 5) is 15.1. The number of nitrogens with two attached hydrogens (primary N) is 1. The molecule has 0 atom stereocenters. The Labute approximate surface area is 84.0 Å². The van der Waals surface area contributed by atoms with Crippen LogP contribution in [0, 0.1) is 6.07 Å². The zero-order chi connectivity index (χ0) is 9.42. The van der Waals surface area contributed by atoms with Crippen molar-refractivity contribution in [3.05, 3.63) is 23.8 Å². The quantitative estimate of drug-likeness (QED) is 0.699. The van der Waals surface area contributed by atoms with Gasteiger partial charge in [0.15, 0.2) is 0 Å². The summed E-state index contributed by atoms with van der Waals surface area (Å²) in [6.07, 6.45) is 0. The van der Waals surface area contributed by atoms with E-state index in [1.165, 1.54) is 17.4 Å². The molecule has 0 aliphatic rings. The molecule has 2 N–H and O–H groups in total. The Morgan fingerprint density at radius 2 is 2.38 bits per heavy atom. The monoisotopic (exact) mass is 209 g/mol. The highest BCUT2D eigenvalue weighted by molar-refractivity contribution is 7.82. The van der Waals surface area contributed by atoms with Crippen molar-refractivity contribution < 1.29 is 4.79 Å². The number of amides is 1. The van der Waals surface area contributed by atoms with Crippen molar-refractivity contribution in [3.63, 3.8) is 0 Å². The molecule has 1 radical (unpaired) electrons. The molecule has 0 fully saturated rings. The molecule has 1 aromatic heterocycles. The van der Waals surface area contributed by atoms with E-state index in [0.29, 0.717) is 15.4 Å². The predicted molar refractivity (Wildman–Crippen MR) is 54.2 cm³/mol. The molecule has 0 aliphatic heterocycles. The summed E-state index contributed by atoms with van der Waals surface area (Å²) in [5, 5.41) is 0. The van der Waals surface area contributed by atoms with Gasteiger partial charge >= 0.3 is 0 Å². The Hall–Kier alpha value is -1.07. The number of carbonyl (C=O) groups is 1. The maximum absolute atomic E-state index is 11.0. The van der Waals surface area contributed by atoms with E-state index in [1.807, 2.05) is 0 Å². The minimum Gasteiger partial charge on any atom is -0.366 e. The molecule has 5 heteroatoms. The van der Waals surface area contributed by atoms with Crippen LogP contribution in [0.25, 0.3) is 10.2 Å². The molecule has 3 nitrogen and oxygen atoms in total. The fourth-order valence-electron chi connectivity index (χ4n) is 1.07. The molecule has 0 spiro atoms. The number of thiol groups is 1. The molecule has 1 aromatic carbocycles. The van der Waals surface area contributed by atoms with E-state index in [1.54, 1.807) is 6.07 Å². The molecular formula is C8H5N2OS2. The third-order valence-electron chi connectivity index (χ3n) is 1.60. The number of fused-ring (bicyclic) bond motifs is 1. The Kier molecular flexibility index (Phi) is 1.97.